The van der Waals surface area contributed by atoms with Gasteiger partial charge in [0.25, 0.3) is 0 Å². The number of aromatic nitrogens is 7. The Kier molecular flexibility index (Phi) is 6.01. The largest absolute Gasteiger partial charge is 0.374 e. The summed E-state index contributed by atoms with van der Waals surface area (Å²) in [6.45, 7) is 4.07. The van der Waals surface area contributed by atoms with Crippen molar-refractivity contribution in [3.05, 3.63) is 73.2 Å². The fraction of sp³-hybridized carbons (Fsp3) is 0.179. The second-order valence-corrected chi connectivity index (χ2v) is 9.56. The summed E-state index contributed by atoms with van der Waals surface area (Å²) in [4.78, 5) is 20.9. The van der Waals surface area contributed by atoms with Gasteiger partial charge in [-0.15, -0.1) is 0 Å². The van der Waals surface area contributed by atoms with E-state index in [2.05, 4.69) is 35.5 Å². The quantitative estimate of drug-likeness (QED) is 0.208. The zero-order valence-corrected chi connectivity index (χ0v) is 20.8. The molecule has 9 nitrogen and oxygen atoms in total. The summed E-state index contributed by atoms with van der Waals surface area (Å²) in [5, 5.41) is 20.9. The minimum Gasteiger partial charge on any atom is -0.374 e. The molecule has 0 spiro atoms. The van der Waals surface area contributed by atoms with Gasteiger partial charge in [-0.2, -0.15) is 5.10 Å². The molecular weight excluding hydrogens is 483 g/mol. The summed E-state index contributed by atoms with van der Waals surface area (Å²) in [7, 11) is 0. The molecule has 1 atom stereocenters. The Morgan fingerprint density at radius 2 is 1.84 bits per heavy atom. The SMILES string of the molecule is CC(C)CC(O)Nc1cncc(-c2ccc3[nH]nc(-c4nc5c(-c6cccnc6)nccc5[nH]4)c3c2F)c1. The summed E-state index contributed by atoms with van der Waals surface area (Å²) in [5.41, 5.74) is 5.36. The minimum absolute atomic E-state index is 0.315. The van der Waals surface area contributed by atoms with E-state index in [-0.39, 0.29) is 0 Å². The first-order valence-electron chi connectivity index (χ1n) is 12.3. The van der Waals surface area contributed by atoms with Crippen LogP contribution in [0.2, 0.25) is 0 Å². The molecule has 5 heterocycles. The lowest BCUT2D eigenvalue weighted by Crippen LogP contribution is -2.20. The lowest BCUT2D eigenvalue weighted by molar-refractivity contribution is 0.176. The molecule has 0 radical (unpaired) electrons. The highest BCUT2D eigenvalue weighted by atomic mass is 19.1. The van der Waals surface area contributed by atoms with Gasteiger partial charge in [0.05, 0.1) is 34.0 Å². The molecule has 1 aromatic carbocycles. The Bertz CT molecular complexity index is 1740. The van der Waals surface area contributed by atoms with Crippen LogP contribution in [0.1, 0.15) is 20.3 Å². The Morgan fingerprint density at radius 1 is 0.974 bits per heavy atom. The van der Waals surface area contributed by atoms with E-state index in [9.17, 15) is 5.11 Å². The minimum atomic E-state index is -0.723. The molecule has 6 aromatic rings. The third-order valence-electron chi connectivity index (χ3n) is 6.30. The molecule has 1 unspecified atom stereocenters. The van der Waals surface area contributed by atoms with Crippen LogP contribution in [0.3, 0.4) is 0 Å². The summed E-state index contributed by atoms with van der Waals surface area (Å²) in [6.07, 6.45) is 8.18. The fourth-order valence-electron chi connectivity index (χ4n) is 4.59. The third kappa shape index (κ3) is 4.35. The van der Waals surface area contributed by atoms with Crippen molar-refractivity contribution in [3.63, 3.8) is 0 Å². The van der Waals surface area contributed by atoms with Crippen LogP contribution < -0.4 is 5.32 Å². The van der Waals surface area contributed by atoms with Crippen molar-refractivity contribution in [2.45, 2.75) is 26.5 Å². The predicted octanol–water partition coefficient (Wildman–Crippen LogP) is 5.54. The summed E-state index contributed by atoms with van der Waals surface area (Å²) >= 11 is 0. The van der Waals surface area contributed by atoms with Gasteiger partial charge in [0.2, 0.25) is 0 Å². The number of aliphatic hydroxyl groups is 1. The molecule has 5 aromatic heterocycles. The molecular formula is C28H25FN8O. The highest BCUT2D eigenvalue weighted by Gasteiger charge is 2.21. The van der Waals surface area contributed by atoms with Crippen LogP contribution in [-0.2, 0) is 0 Å². The molecule has 6 rings (SSSR count). The highest BCUT2D eigenvalue weighted by molar-refractivity contribution is 5.98. The van der Waals surface area contributed by atoms with Crippen molar-refractivity contribution in [1.29, 1.82) is 0 Å². The number of hydrogen-bond acceptors (Lipinski definition) is 7. The maximum atomic E-state index is 16.1. The van der Waals surface area contributed by atoms with E-state index < -0.39 is 12.0 Å². The van der Waals surface area contributed by atoms with Gasteiger partial charge in [0.15, 0.2) is 5.82 Å². The summed E-state index contributed by atoms with van der Waals surface area (Å²) in [6, 6.07) is 10.8. The molecule has 0 saturated carbocycles. The van der Waals surface area contributed by atoms with Gasteiger partial charge < -0.3 is 15.4 Å². The van der Waals surface area contributed by atoms with E-state index in [1.807, 2.05) is 32.0 Å². The van der Waals surface area contributed by atoms with Crippen molar-refractivity contribution in [2.24, 2.45) is 5.92 Å². The molecule has 0 fully saturated rings. The van der Waals surface area contributed by atoms with Gasteiger partial charge in [-0.05, 0) is 48.7 Å². The number of pyridine rings is 3. The fourth-order valence-corrected chi connectivity index (χ4v) is 4.59. The topological polar surface area (TPSA) is 128 Å². The Hall–Kier alpha value is -4.70. The Morgan fingerprint density at radius 3 is 2.66 bits per heavy atom. The zero-order valence-electron chi connectivity index (χ0n) is 20.8. The molecule has 0 aliphatic heterocycles. The van der Waals surface area contributed by atoms with Gasteiger partial charge >= 0.3 is 0 Å². The highest BCUT2D eigenvalue weighted by Crippen LogP contribution is 2.35. The number of H-pyrrole nitrogens is 2. The Balaban J connectivity index is 1.42. The van der Waals surface area contributed by atoms with E-state index in [0.717, 1.165) is 11.1 Å². The smallest absolute Gasteiger partial charge is 0.159 e. The number of hydrogen-bond donors (Lipinski definition) is 4. The van der Waals surface area contributed by atoms with E-state index in [1.54, 1.807) is 49.2 Å². The average Bonchev–Trinajstić information content (AvgIpc) is 3.54. The van der Waals surface area contributed by atoms with Gasteiger partial charge in [-0.25, -0.2) is 9.37 Å². The van der Waals surface area contributed by atoms with E-state index in [4.69, 9.17) is 4.98 Å². The van der Waals surface area contributed by atoms with Crippen LogP contribution in [0.5, 0.6) is 0 Å². The van der Waals surface area contributed by atoms with Crippen LogP contribution in [0.25, 0.3) is 55.8 Å². The first-order valence-corrected chi connectivity index (χ1v) is 12.3. The predicted molar refractivity (Wildman–Crippen MR) is 144 cm³/mol. The Labute approximate surface area is 217 Å². The molecule has 0 aliphatic rings. The van der Waals surface area contributed by atoms with Gasteiger partial charge in [-0.3, -0.25) is 20.1 Å². The number of rotatable bonds is 7. The monoisotopic (exact) mass is 508 g/mol. The lowest BCUT2D eigenvalue weighted by atomic mass is 10.0. The number of nitrogens with zero attached hydrogens (tertiary/aromatic N) is 5. The molecule has 190 valence electrons. The van der Waals surface area contributed by atoms with Crippen molar-refractivity contribution >= 4 is 27.6 Å². The molecule has 0 aliphatic carbocycles. The van der Waals surface area contributed by atoms with Crippen molar-refractivity contribution in [3.8, 4) is 33.9 Å². The molecule has 0 saturated heterocycles. The molecule has 0 amide bonds. The summed E-state index contributed by atoms with van der Waals surface area (Å²) < 4.78 is 16.1. The maximum Gasteiger partial charge on any atom is 0.159 e. The van der Waals surface area contributed by atoms with Gasteiger partial charge in [-0.1, -0.05) is 13.8 Å². The first-order chi connectivity index (χ1) is 18.5. The number of benzene rings is 1. The van der Waals surface area contributed by atoms with Crippen LogP contribution in [-0.4, -0.2) is 46.5 Å². The number of aromatic amines is 2. The number of fused-ring (bicyclic) bond motifs is 2. The second-order valence-electron chi connectivity index (χ2n) is 9.56. The third-order valence-corrected chi connectivity index (χ3v) is 6.30. The van der Waals surface area contributed by atoms with Crippen molar-refractivity contribution < 1.29 is 9.50 Å². The van der Waals surface area contributed by atoms with Crippen LogP contribution >= 0.6 is 0 Å². The number of aliphatic hydroxyl groups excluding tert-OH is 1. The zero-order chi connectivity index (χ0) is 26.2. The van der Waals surface area contributed by atoms with Gasteiger partial charge in [0, 0.05) is 41.5 Å². The van der Waals surface area contributed by atoms with Crippen LogP contribution in [0.15, 0.2) is 67.4 Å². The second kappa shape index (κ2) is 9.64. The number of nitrogens with one attached hydrogen (secondary N) is 3. The van der Waals surface area contributed by atoms with Crippen molar-refractivity contribution in [2.75, 3.05) is 5.32 Å². The molecule has 4 N–H and O–H groups in total. The number of imidazole rings is 1. The van der Waals surface area contributed by atoms with E-state index >= 15 is 4.39 Å². The number of anilines is 1. The van der Waals surface area contributed by atoms with Crippen LogP contribution in [0, 0.1) is 11.7 Å². The van der Waals surface area contributed by atoms with E-state index in [1.165, 1.54) is 0 Å². The van der Waals surface area contributed by atoms with Crippen LogP contribution in [0.4, 0.5) is 10.1 Å². The maximum absolute atomic E-state index is 16.1. The first kappa shape index (κ1) is 23.7. The molecule has 38 heavy (non-hydrogen) atoms. The standard InChI is InChI=1S/C28H25FN8O/c1-15(2)10-22(38)33-18-11-17(13-31-14-18)19-5-6-20-23(24(19)29)27(37-36-20)28-34-21-7-9-32-25(26(21)35-28)16-4-3-8-30-12-16/h3-9,11-15,22,33,38H,10H2,1-2H3,(H,34,35)(H,36,37). The normalized spacial score (nSPS) is 12.4. The molecule has 0 bridgehead atoms. The van der Waals surface area contributed by atoms with Gasteiger partial charge in [0.1, 0.15) is 23.3 Å². The van der Waals surface area contributed by atoms with Crippen molar-refractivity contribution in [1.82, 2.24) is 35.1 Å². The van der Waals surface area contributed by atoms with E-state index in [0.29, 0.717) is 62.8 Å². The lowest BCUT2D eigenvalue weighted by Gasteiger charge is -2.16. The average molecular weight is 509 g/mol. The summed E-state index contributed by atoms with van der Waals surface area (Å²) in [5.74, 6) is 0.298. The molecule has 10 heteroatoms. The number of halogens is 1.